The van der Waals surface area contributed by atoms with Gasteiger partial charge in [-0.2, -0.15) is 11.3 Å². The van der Waals surface area contributed by atoms with E-state index in [0.29, 0.717) is 11.4 Å². The number of rotatable bonds is 7. The van der Waals surface area contributed by atoms with Crippen LogP contribution in [0.3, 0.4) is 0 Å². The summed E-state index contributed by atoms with van der Waals surface area (Å²) in [6.07, 6.45) is 0. The van der Waals surface area contributed by atoms with Gasteiger partial charge in [-0.1, -0.05) is 51.9 Å². The average molecular weight is 391 g/mol. The molecule has 6 heteroatoms. The van der Waals surface area contributed by atoms with E-state index in [1.165, 1.54) is 16.9 Å². The zero-order valence-electron chi connectivity index (χ0n) is 16.5. The van der Waals surface area contributed by atoms with Gasteiger partial charge in [-0.3, -0.25) is 9.18 Å². The Labute approximate surface area is 164 Å². The number of halogens is 1. The summed E-state index contributed by atoms with van der Waals surface area (Å²) in [5.74, 6) is -0.315. The molecule has 27 heavy (non-hydrogen) atoms. The average Bonchev–Trinajstić information content (AvgIpc) is 3.12. The minimum absolute atomic E-state index is 0.0572. The molecule has 0 saturated heterocycles. The molecule has 0 spiro atoms. The minimum Gasteiger partial charge on any atom is -0.385 e. The number of amides is 1. The predicted octanol–water partition coefficient (Wildman–Crippen LogP) is 5.40. The summed E-state index contributed by atoms with van der Waals surface area (Å²) >= 11 is 1.50. The molecule has 1 heterocycles. The molecule has 0 aliphatic rings. The molecule has 1 aromatic heterocycles. The van der Waals surface area contributed by atoms with Crippen LogP contribution in [0, 0.1) is 5.41 Å². The number of carbonyl (C=O) groups excluding carboxylic acids is 1. The number of thiophene rings is 1. The van der Waals surface area contributed by atoms with E-state index >= 15 is 0 Å². The molecule has 0 atom stereocenters. The highest BCUT2D eigenvalue weighted by atomic mass is 32.1. The molecule has 0 radical (unpaired) electrons. The number of nitrogens with zero attached hydrogens (tertiary/aromatic N) is 1. The van der Waals surface area contributed by atoms with Crippen molar-refractivity contribution in [3.63, 3.8) is 0 Å². The van der Waals surface area contributed by atoms with Gasteiger partial charge in [0.25, 0.3) is 5.91 Å². The highest BCUT2D eigenvalue weighted by Gasteiger charge is 2.28. The molecule has 1 N–H and O–H groups in total. The zero-order valence-corrected chi connectivity index (χ0v) is 17.3. The van der Waals surface area contributed by atoms with Crippen molar-refractivity contribution in [2.75, 3.05) is 18.6 Å². The van der Waals surface area contributed by atoms with Crippen LogP contribution in [0.4, 0.5) is 10.1 Å². The van der Waals surface area contributed by atoms with E-state index in [9.17, 15) is 9.18 Å². The third-order valence-corrected chi connectivity index (χ3v) is 4.84. The van der Waals surface area contributed by atoms with E-state index in [0.717, 1.165) is 5.56 Å². The number of alkyl halides is 1. The van der Waals surface area contributed by atoms with Crippen LogP contribution >= 0.6 is 11.3 Å². The van der Waals surface area contributed by atoms with Gasteiger partial charge in [0.05, 0.1) is 5.71 Å². The van der Waals surface area contributed by atoms with E-state index in [2.05, 4.69) is 31.2 Å². The Morgan fingerprint density at radius 1 is 1.15 bits per heavy atom. The van der Waals surface area contributed by atoms with Crippen LogP contribution in [0.2, 0.25) is 0 Å². The predicted molar refractivity (Wildman–Crippen MR) is 110 cm³/mol. The number of oxime groups is 1. The van der Waals surface area contributed by atoms with Crippen LogP contribution in [0.15, 0.2) is 46.2 Å². The summed E-state index contributed by atoms with van der Waals surface area (Å²) < 4.78 is 13.4. The minimum atomic E-state index is -0.791. The highest BCUT2D eigenvalue weighted by Crippen LogP contribution is 2.25. The van der Waals surface area contributed by atoms with E-state index < -0.39 is 12.1 Å². The number of hydrogen-bond donors (Lipinski definition) is 1. The van der Waals surface area contributed by atoms with Crippen molar-refractivity contribution in [2.45, 2.75) is 40.0 Å². The molecular weight excluding hydrogens is 363 g/mol. The Hall–Kier alpha value is -2.21. The monoisotopic (exact) mass is 390 g/mol. The van der Waals surface area contributed by atoms with Crippen LogP contribution in [0.5, 0.6) is 0 Å². The van der Waals surface area contributed by atoms with E-state index in [4.69, 9.17) is 4.84 Å². The van der Waals surface area contributed by atoms with Crippen molar-refractivity contribution < 1.29 is 14.0 Å². The maximum atomic E-state index is 13.4. The first-order valence-electron chi connectivity index (χ1n) is 8.83. The van der Waals surface area contributed by atoms with Gasteiger partial charge in [-0.05, 0) is 39.9 Å². The summed E-state index contributed by atoms with van der Waals surface area (Å²) in [6, 6.07) is 9.58. The van der Waals surface area contributed by atoms with Gasteiger partial charge < -0.3 is 10.2 Å². The van der Waals surface area contributed by atoms with E-state index in [1.807, 2.05) is 41.1 Å². The first-order valence-corrected chi connectivity index (χ1v) is 9.77. The standard InChI is InChI=1S/C21H27FN2O2S/c1-20(2,3)16-6-8-17(9-7-16)23-18(25)12-26-24-19(21(4,5)14-22)15-10-11-27-13-15/h6-11,13H,12,14H2,1-5H3,(H,23,25)/b24-19+. The van der Waals surface area contributed by atoms with Crippen molar-refractivity contribution in [1.29, 1.82) is 0 Å². The number of benzene rings is 1. The van der Waals surface area contributed by atoms with E-state index in [1.54, 1.807) is 13.8 Å². The molecule has 0 bridgehead atoms. The fourth-order valence-electron chi connectivity index (χ4n) is 2.44. The normalized spacial score (nSPS) is 12.7. The third kappa shape index (κ3) is 5.89. The fraction of sp³-hybridized carbons (Fsp3) is 0.429. The Bertz CT molecular complexity index is 776. The first kappa shape index (κ1) is 21.1. The highest BCUT2D eigenvalue weighted by molar-refractivity contribution is 7.08. The summed E-state index contributed by atoms with van der Waals surface area (Å²) in [6.45, 7) is 9.10. The molecule has 0 unspecified atom stereocenters. The molecule has 1 amide bonds. The smallest absolute Gasteiger partial charge is 0.265 e. The molecule has 0 aliphatic heterocycles. The maximum Gasteiger partial charge on any atom is 0.265 e. The topological polar surface area (TPSA) is 50.7 Å². The Kier molecular flexibility index (Phi) is 6.76. The van der Waals surface area contributed by atoms with Crippen LogP contribution in [-0.2, 0) is 15.0 Å². The van der Waals surface area contributed by atoms with Crippen molar-refractivity contribution in [3.05, 3.63) is 52.2 Å². The van der Waals surface area contributed by atoms with Crippen LogP contribution in [-0.4, -0.2) is 24.9 Å². The molecule has 4 nitrogen and oxygen atoms in total. The molecule has 1 aromatic carbocycles. The lowest BCUT2D eigenvalue weighted by Gasteiger charge is -2.21. The van der Waals surface area contributed by atoms with Gasteiger partial charge in [-0.25, -0.2) is 0 Å². The van der Waals surface area contributed by atoms with Gasteiger partial charge in [0.1, 0.15) is 6.67 Å². The van der Waals surface area contributed by atoms with Gasteiger partial charge in [0.15, 0.2) is 6.61 Å². The van der Waals surface area contributed by atoms with Crippen molar-refractivity contribution >= 4 is 28.6 Å². The number of anilines is 1. The molecule has 146 valence electrons. The summed E-state index contributed by atoms with van der Waals surface area (Å²) in [5, 5.41) is 10.6. The number of nitrogens with one attached hydrogen (secondary N) is 1. The second-order valence-electron chi connectivity index (χ2n) is 8.12. The van der Waals surface area contributed by atoms with Crippen LogP contribution in [0.25, 0.3) is 0 Å². The lowest BCUT2D eigenvalue weighted by molar-refractivity contribution is -0.120. The van der Waals surface area contributed by atoms with Crippen LogP contribution in [0.1, 0.15) is 45.7 Å². The molecule has 2 rings (SSSR count). The van der Waals surface area contributed by atoms with Gasteiger partial charge in [-0.15, -0.1) is 0 Å². The van der Waals surface area contributed by atoms with Crippen molar-refractivity contribution in [3.8, 4) is 0 Å². The Morgan fingerprint density at radius 3 is 2.33 bits per heavy atom. The number of hydrogen-bond acceptors (Lipinski definition) is 4. The Morgan fingerprint density at radius 2 is 1.81 bits per heavy atom. The van der Waals surface area contributed by atoms with Gasteiger partial charge in [0.2, 0.25) is 0 Å². The molecular formula is C21H27FN2O2S. The van der Waals surface area contributed by atoms with E-state index in [-0.39, 0.29) is 17.9 Å². The Balaban J connectivity index is 1.98. The zero-order chi connectivity index (χ0) is 20.1. The van der Waals surface area contributed by atoms with Gasteiger partial charge >= 0.3 is 0 Å². The van der Waals surface area contributed by atoms with Crippen LogP contribution < -0.4 is 5.32 Å². The summed E-state index contributed by atoms with van der Waals surface area (Å²) in [5.41, 5.74) is 2.45. The number of carbonyl (C=O) groups is 1. The molecule has 0 saturated carbocycles. The molecule has 2 aromatic rings. The lowest BCUT2D eigenvalue weighted by Crippen LogP contribution is -2.28. The van der Waals surface area contributed by atoms with Crippen molar-refractivity contribution in [1.82, 2.24) is 0 Å². The second-order valence-corrected chi connectivity index (χ2v) is 8.90. The maximum absolute atomic E-state index is 13.4. The largest absolute Gasteiger partial charge is 0.385 e. The second kappa shape index (κ2) is 8.65. The van der Waals surface area contributed by atoms with Crippen molar-refractivity contribution in [2.24, 2.45) is 10.6 Å². The first-order chi connectivity index (χ1) is 12.6. The third-order valence-electron chi connectivity index (χ3n) is 4.16. The lowest BCUT2D eigenvalue weighted by atomic mass is 9.86. The summed E-state index contributed by atoms with van der Waals surface area (Å²) in [4.78, 5) is 17.3. The SMILES string of the molecule is CC(C)(CF)/C(=N/OCC(=O)Nc1ccc(C(C)(C)C)cc1)c1ccsc1. The van der Waals surface area contributed by atoms with Gasteiger partial charge in [0, 0.05) is 16.7 Å². The molecule has 0 aliphatic carbocycles. The quantitative estimate of drug-likeness (QED) is 0.508. The fourth-order valence-corrected chi connectivity index (χ4v) is 3.08. The summed E-state index contributed by atoms with van der Waals surface area (Å²) in [7, 11) is 0. The molecule has 0 fully saturated rings.